The Balaban J connectivity index is 2.12. The number of nitrogens with zero attached hydrogens (tertiary/aromatic N) is 4. The molecule has 1 saturated heterocycles. The molecule has 0 bridgehead atoms. The maximum atomic E-state index is 12.8. The van der Waals surface area contributed by atoms with Crippen molar-refractivity contribution in [3.8, 4) is 0 Å². The van der Waals surface area contributed by atoms with E-state index in [2.05, 4.69) is 50.1 Å². The molecule has 2 heterocycles. The zero-order valence-electron chi connectivity index (χ0n) is 15.3. The van der Waals surface area contributed by atoms with Gasteiger partial charge in [0.2, 0.25) is 0 Å². The molecule has 0 radical (unpaired) electrons. The Morgan fingerprint density at radius 3 is 2.61 bits per heavy atom. The highest BCUT2D eigenvalue weighted by molar-refractivity contribution is 5.90. The minimum atomic E-state index is -0.00125. The molecule has 0 aliphatic carbocycles. The van der Waals surface area contributed by atoms with Gasteiger partial charge in [-0.3, -0.25) is 4.68 Å². The summed E-state index contributed by atoms with van der Waals surface area (Å²) >= 11 is 0. The number of anilines is 1. The van der Waals surface area contributed by atoms with Crippen LogP contribution < -0.4 is 5.32 Å². The molecule has 1 atom stereocenters. The minimum Gasteiger partial charge on any atom is -0.319 e. The third-order valence-electron chi connectivity index (χ3n) is 4.34. The predicted octanol–water partition coefficient (Wildman–Crippen LogP) is 2.74. The van der Waals surface area contributed by atoms with E-state index in [4.69, 9.17) is 0 Å². The van der Waals surface area contributed by atoms with Gasteiger partial charge in [0.1, 0.15) is 0 Å². The van der Waals surface area contributed by atoms with Gasteiger partial charge in [0.25, 0.3) is 0 Å². The molecule has 0 aromatic carbocycles. The van der Waals surface area contributed by atoms with E-state index in [-0.39, 0.29) is 18.0 Å². The molecular weight excluding hydrogens is 290 g/mol. The summed E-state index contributed by atoms with van der Waals surface area (Å²) in [5.41, 5.74) is 1.77. The average Bonchev–Trinajstić information content (AvgIpc) is 2.79. The number of hydrogen-bond donors (Lipinski definition) is 1. The Morgan fingerprint density at radius 2 is 2.00 bits per heavy atom. The summed E-state index contributed by atoms with van der Waals surface area (Å²) in [6, 6.07) is 0.270. The summed E-state index contributed by atoms with van der Waals surface area (Å²) < 4.78 is 1.76. The van der Waals surface area contributed by atoms with E-state index in [1.165, 1.54) is 0 Å². The van der Waals surface area contributed by atoms with Crippen molar-refractivity contribution in [3.05, 3.63) is 11.9 Å². The number of nitrogens with one attached hydrogen (secondary N) is 1. The molecule has 0 spiro atoms. The summed E-state index contributed by atoms with van der Waals surface area (Å²) in [5, 5.41) is 7.55. The highest BCUT2D eigenvalue weighted by atomic mass is 16.2. The summed E-state index contributed by atoms with van der Waals surface area (Å²) in [6.45, 7) is 11.2. The van der Waals surface area contributed by atoms with E-state index in [9.17, 15) is 4.79 Å². The molecule has 1 aliphatic heterocycles. The van der Waals surface area contributed by atoms with E-state index in [0.717, 1.165) is 37.4 Å². The van der Waals surface area contributed by atoms with Crippen LogP contribution in [0.3, 0.4) is 0 Å². The van der Waals surface area contributed by atoms with Gasteiger partial charge in [-0.25, -0.2) is 4.79 Å². The first kappa shape index (κ1) is 17.8. The molecule has 0 saturated carbocycles. The summed E-state index contributed by atoms with van der Waals surface area (Å²) in [6.07, 6.45) is 2.92. The van der Waals surface area contributed by atoms with Crippen molar-refractivity contribution < 1.29 is 4.79 Å². The van der Waals surface area contributed by atoms with Crippen molar-refractivity contribution in [3.63, 3.8) is 0 Å². The molecule has 1 fully saturated rings. The van der Waals surface area contributed by atoms with Gasteiger partial charge in [-0.15, -0.1) is 0 Å². The SMILES string of the molecule is CC(C)CC1CN(C)CCN1C(=O)Nc1cn(C)nc1C(C)C. The molecule has 1 aliphatic rings. The number of urea groups is 1. The maximum absolute atomic E-state index is 12.8. The van der Waals surface area contributed by atoms with Crippen LogP contribution >= 0.6 is 0 Å². The standard InChI is InChI=1S/C17H31N5O/c1-12(2)9-14-10-20(5)7-8-22(14)17(23)18-15-11-21(6)19-16(15)13(3)4/h11-14H,7-10H2,1-6H3,(H,18,23). The van der Waals surface area contributed by atoms with Crippen LogP contribution in [0, 0.1) is 5.92 Å². The molecule has 6 heteroatoms. The highest BCUT2D eigenvalue weighted by Crippen LogP contribution is 2.24. The summed E-state index contributed by atoms with van der Waals surface area (Å²) in [4.78, 5) is 17.1. The first-order valence-corrected chi connectivity index (χ1v) is 8.57. The lowest BCUT2D eigenvalue weighted by Gasteiger charge is -2.40. The minimum absolute atomic E-state index is 0.00125. The zero-order chi connectivity index (χ0) is 17.1. The second-order valence-electron chi connectivity index (χ2n) is 7.43. The van der Waals surface area contributed by atoms with Gasteiger partial charge in [0.05, 0.1) is 11.4 Å². The number of aryl methyl sites for hydroxylation is 1. The predicted molar refractivity (Wildman–Crippen MR) is 93.8 cm³/mol. The van der Waals surface area contributed by atoms with Crippen LogP contribution in [-0.2, 0) is 7.05 Å². The fraction of sp³-hybridized carbons (Fsp3) is 0.765. The van der Waals surface area contributed by atoms with E-state index in [1.54, 1.807) is 4.68 Å². The Hall–Kier alpha value is -1.56. The molecule has 1 unspecified atom stereocenters. The van der Waals surface area contributed by atoms with Gasteiger partial charge in [-0.1, -0.05) is 27.7 Å². The van der Waals surface area contributed by atoms with Crippen molar-refractivity contribution in [2.45, 2.75) is 46.1 Å². The lowest BCUT2D eigenvalue weighted by molar-refractivity contribution is 0.105. The zero-order valence-corrected chi connectivity index (χ0v) is 15.3. The van der Waals surface area contributed by atoms with Crippen LogP contribution in [0.5, 0.6) is 0 Å². The lowest BCUT2D eigenvalue weighted by Crippen LogP contribution is -2.55. The molecule has 2 rings (SSSR count). The number of likely N-dealkylation sites (N-methyl/N-ethyl adjacent to an activating group) is 1. The number of aromatic nitrogens is 2. The highest BCUT2D eigenvalue weighted by Gasteiger charge is 2.30. The fourth-order valence-electron chi connectivity index (χ4n) is 3.24. The monoisotopic (exact) mass is 321 g/mol. The molecule has 23 heavy (non-hydrogen) atoms. The first-order chi connectivity index (χ1) is 10.8. The van der Waals surface area contributed by atoms with Crippen molar-refractivity contribution >= 4 is 11.7 Å². The maximum Gasteiger partial charge on any atom is 0.322 e. The Bertz CT molecular complexity index is 535. The topological polar surface area (TPSA) is 53.4 Å². The van der Waals surface area contributed by atoms with Crippen molar-refractivity contribution in [2.24, 2.45) is 13.0 Å². The molecule has 1 aromatic heterocycles. The van der Waals surface area contributed by atoms with Gasteiger partial charge in [-0.2, -0.15) is 5.10 Å². The van der Waals surface area contributed by atoms with Crippen LogP contribution in [0.4, 0.5) is 10.5 Å². The number of rotatable bonds is 4. The smallest absolute Gasteiger partial charge is 0.319 e. The molecule has 1 aromatic rings. The van der Waals surface area contributed by atoms with E-state index >= 15 is 0 Å². The Morgan fingerprint density at radius 1 is 1.30 bits per heavy atom. The summed E-state index contributed by atoms with van der Waals surface area (Å²) in [5.74, 6) is 0.858. The van der Waals surface area contributed by atoms with Crippen molar-refractivity contribution in [2.75, 3.05) is 32.0 Å². The van der Waals surface area contributed by atoms with E-state index in [0.29, 0.717) is 5.92 Å². The van der Waals surface area contributed by atoms with Gasteiger partial charge in [0, 0.05) is 38.9 Å². The van der Waals surface area contributed by atoms with Crippen LogP contribution in [0.25, 0.3) is 0 Å². The lowest BCUT2D eigenvalue weighted by atomic mass is 10.0. The van der Waals surface area contributed by atoms with Crippen LogP contribution in [0.15, 0.2) is 6.20 Å². The Labute approximate surface area is 139 Å². The van der Waals surface area contributed by atoms with Crippen LogP contribution in [-0.4, -0.2) is 58.3 Å². The molecule has 1 N–H and O–H groups in total. The van der Waals surface area contributed by atoms with Crippen LogP contribution in [0.1, 0.15) is 45.7 Å². The fourth-order valence-corrected chi connectivity index (χ4v) is 3.24. The normalized spacial score (nSPS) is 19.7. The van der Waals surface area contributed by atoms with Gasteiger partial charge in [-0.05, 0) is 25.3 Å². The van der Waals surface area contributed by atoms with Crippen molar-refractivity contribution in [1.82, 2.24) is 19.6 Å². The number of carbonyl (C=O) groups is 1. The van der Waals surface area contributed by atoms with E-state index < -0.39 is 0 Å². The third-order valence-corrected chi connectivity index (χ3v) is 4.34. The second kappa shape index (κ2) is 7.34. The quantitative estimate of drug-likeness (QED) is 0.928. The molecule has 2 amide bonds. The number of hydrogen-bond acceptors (Lipinski definition) is 3. The summed E-state index contributed by atoms with van der Waals surface area (Å²) in [7, 11) is 4.01. The Kier molecular flexibility index (Phi) is 5.68. The number of piperazine rings is 1. The van der Waals surface area contributed by atoms with Crippen molar-refractivity contribution in [1.29, 1.82) is 0 Å². The van der Waals surface area contributed by atoms with Gasteiger partial charge < -0.3 is 15.1 Å². The van der Waals surface area contributed by atoms with E-state index in [1.807, 2.05) is 18.1 Å². The number of carbonyl (C=O) groups excluding carboxylic acids is 1. The largest absolute Gasteiger partial charge is 0.322 e. The number of amides is 2. The van der Waals surface area contributed by atoms with Gasteiger partial charge >= 0.3 is 6.03 Å². The first-order valence-electron chi connectivity index (χ1n) is 8.57. The second-order valence-corrected chi connectivity index (χ2v) is 7.43. The van der Waals surface area contributed by atoms with Crippen LogP contribution in [0.2, 0.25) is 0 Å². The third kappa shape index (κ3) is 4.47. The molecule has 6 nitrogen and oxygen atoms in total. The molecular formula is C17H31N5O. The molecule has 130 valence electrons. The average molecular weight is 321 g/mol. The van der Waals surface area contributed by atoms with Gasteiger partial charge in [0.15, 0.2) is 0 Å².